The molecule has 5 rings (SSSR count). The van der Waals surface area contributed by atoms with Crippen molar-refractivity contribution in [3.05, 3.63) is 47.1 Å². The van der Waals surface area contributed by atoms with Crippen molar-refractivity contribution in [2.75, 3.05) is 13.1 Å². The molecule has 0 radical (unpaired) electrons. The van der Waals surface area contributed by atoms with Crippen molar-refractivity contribution in [3.63, 3.8) is 0 Å². The Morgan fingerprint density at radius 1 is 1.14 bits per heavy atom. The van der Waals surface area contributed by atoms with Crippen LogP contribution in [0.15, 0.2) is 35.8 Å². The fourth-order valence-corrected chi connectivity index (χ4v) is 4.96. The van der Waals surface area contributed by atoms with E-state index in [1.54, 1.807) is 20.0 Å². The predicted molar refractivity (Wildman–Crippen MR) is 139 cm³/mol. The van der Waals surface area contributed by atoms with E-state index >= 15 is 0 Å². The number of allylic oxidation sites excluding steroid dienone is 2. The van der Waals surface area contributed by atoms with Crippen LogP contribution in [0, 0.1) is 18.3 Å². The molecule has 2 aliphatic rings. The van der Waals surface area contributed by atoms with Crippen molar-refractivity contribution in [3.8, 4) is 11.3 Å². The Hall–Kier alpha value is -3.75. The minimum Gasteiger partial charge on any atom is -0.402 e. The Bertz CT molecular complexity index is 1380. The number of carbonyl (C=O) groups excluding carboxylic acids is 2. The molecule has 36 heavy (non-hydrogen) atoms. The Morgan fingerprint density at radius 3 is 2.53 bits per heavy atom. The average Bonchev–Trinajstić information content (AvgIpc) is 3.53. The van der Waals surface area contributed by atoms with Gasteiger partial charge in [0, 0.05) is 54.0 Å². The molecule has 9 heteroatoms. The number of hydrogen-bond donors (Lipinski definition) is 3. The SMILES string of the molecule is C/C(N)=C(\C)C(=N)C(=O)Cc1cnc2[nH]c(-c3cnn(C4CCN(C(=O)C5CC5)CC4)c3C)cc2c1. The highest BCUT2D eigenvalue weighted by Gasteiger charge is 2.35. The summed E-state index contributed by atoms with van der Waals surface area (Å²) < 4.78 is 2.10. The quantitative estimate of drug-likeness (QED) is 0.437. The lowest BCUT2D eigenvalue weighted by Crippen LogP contribution is -2.40. The van der Waals surface area contributed by atoms with Crippen molar-refractivity contribution >= 4 is 28.4 Å². The van der Waals surface area contributed by atoms with Gasteiger partial charge < -0.3 is 15.6 Å². The van der Waals surface area contributed by atoms with Crippen LogP contribution in [0.1, 0.15) is 56.8 Å². The summed E-state index contributed by atoms with van der Waals surface area (Å²) in [7, 11) is 0. The maximum atomic E-state index is 12.5. The van der Waals surface area contributed by atoms with Crippen molar-refractivity contribution in [1.29, 1.82) is 5.41 Å². The number of fused-ring (bicyclic) bond motifs is 1. The fourth-order valence-electron chi connectivity index (χ4n) is 4.96. The molecule has 2 fully saturated rings. The number of nitrogens with one attached hydrogen (secondary N) is 2. The topological polar surface area (TPSA) is 134 Å². The van der Waals surface area contributed by atoms with Crippen LogP contribution >= 0.6 is 0 Å². The number of Topliss-reactive ketones (excluding diaryl/α,β-unsaturated/α-hetero) is 1. The van der Waals surface area contributed by atoms with Gasteiger partial charge in [0.2, 0.25) is 5.91 Å². The number of nitrogens with zero attached hydrogens (tertiary/aromatic N) is 4. The third kappa shape index (κ3) is 4.57. The van der Waals surface area contributed by atoms with Crippen LogP contribution in [0.25, 0.3) is 22.3 Å². The molecule has 1 saturated heterocycles. The molecule has 188 valence electrons. The lowest BCUT2D eigenvalue weighted by molar-refractivity contribution is -0.133. The maximum absolute atomic E-state index is 12.5. The molecule has 3 aromatic heterocycles. The van der Waals surface area contributed by atoms with Gasteiger partial charge in [0.1, 0.15) is 11.4 Å². The zero-order valence-corrected chi connectivity index (χ0v) is 21.1. The first-order valence-corrected chi connectivity index (χ1v) is 12.6. The summed E-state index contributed by atoms with van der Waals surface area (Å²) in [5, 5.41) is 13.7. The summed E-state index contributed by atoms with van der Waals surface area (Å²) >= 11 is 0. The molecule has 0 spiro atoms. The highest BCUT2D eigenvalue weighted by molar-refractivity contribution is 6.45. The number of rotatable bonds is 7. The Labute approximate surface area is 210 Å². The molecule has 0 unspecified atom stereocenters. The number of nitrogens with two attached hydrogens (primary N) is 1. The van der Waals surface area contributed by atoms with Crippen LogP contribution in [-0.4, -0.2) is 55.1 Å². The van der Waals surface area contributed by atoms with Gasteiger partial charge in [-0.25, -0.2) is 4.98 Å². The molecule has 1 amide bonds. The lowest BCUT2D eigenvalue weighted by Gasteiger charge is -2.32. The van der Waals surface area contributed by atoms with Gasteiger partial charge in [-0.2, -0.15) is 5.10 Å². The number of hydrogen-bond acceptors (Lipinski definition) is 6. The Morgan fingerprint density at radius 2 is 1.86 bits per heavy atom. The monoisotopic (exact) mass is 487 g/mol. The smallest absolute Gasteiger partial charge is 0.225 e. The second kappa shape index (κ2) is 9.37. The number of pyridine rings is 1. The van der Waals surface area contributed by atoms with E-state index in [-0.39, 0.29) is 29.9 Å². The molecule has 9 nitrogen and oxygen atoms in total. The number of carbonyl (C=O) groups is 2. The van der Waals surface area contributed by atoms with E-state index in [0.717, 1.165) is 72.3 Å². The Kier molecular flexibility index (Phi) is 6.24. The van der Waals surface area contributed by atoms with E-state index < -0.39 is 0 Å². The molecule has 0 aromatic carbocycles. The number of piperidine rings is 1. The molecule has 4 heterocycles. The highest BCUT2D eigenvalue weighted by atomic mass is 16.2. The van der Waals surface area contributed by atoms with Gasteiger partial charge in [-0.3, -0.25) is 19.7 Å². The fraction of sp³-hybridized carbons (Fsp3) is 0.444. The molecule has 0 bridgehead atoms. The zero-order valence-electron chi connectivity index (χ0n) is 21.1. The minimum absolute atomic E-state index is 0.0596. The minimum atomic E-state index is -0.281. The summed E-state index contributed by atoms with van der Waals surface area (Å²) in [6, 6.07) is 4.25. The Balaban J connectivity index is 1.30. The molecular weight excluding hydrogens is 454 g/mol. The van der Waals surface area contributed by atoms with Crippen molar-refractivity contribution in [2.45, 2.75) is 58.9 Å². The summed E-state index contributed by atoms with van der Waals surface area (Å²) in [5.74, 6) is 0.323. The molecule has 0 atom stereocenters. The van der Waals surface area contributed by atoms with Crippen molar-refractivity contribution < 1.29 is 9.59 Å². The highest BCUT2D eigenvalue weighted by Crippen LogP contribution is 2.34. The summed E-state index contributed by atoms with van der Waals surface area (Å²) in [6.07, 6.45) is 7.59. The van der Waals surface area contributed by atoms with Crippen LogP contribution in [0.5, 0.6) is 0 Å². The standard InChI is InChI=1S/C27H33N7O2/c1-15(16(2)28)25(29)24(35)11-18-10-20-12-23(32-26(20)30-13-18)22-14-31-34(17(22)3)21-6-8-33(9-7-21)27(36)19-4-5-19/h10,12-14,19,21,29H,4-9,11,28H2,1-3H3,(H,30,32)/b16-15-,29-25?. The van der Waals surface area contributed by atoms with Gasteiger partial charge >= 0.3 is 0 Å². The first-order valence-electron chi connectivity index (χ1n) is 12.6. The van der Waals surface area contributed by atoms with Gasteiger partial charge in [-0.05, 0) is 69.7 Å². The van der Waals surface area contributed by atoms with Crippen molar-refractivity contribution in [2.24, 2.45) is 11.7 Å². The van der Waals surface area contributed by atoms with E-state index in [2.05, 4.69) is 21.6 Å². The van der Waals surface area contributed by atoms with Crippen LogP contribution in [0.2, 0.25) is 0 Å². The number of ketones is 1. The van der Waals surface area contributed by atoms with Crippen LogP contribution in [0.3, 0.4) is 0 Å². The second-order valence-electron chi connectivity index (χ2n) is 10.2. The summed E-state index contributed by atoms with van der Waals surface area (Å²) in [6.45, 7) is 7.05. The van der Waals surface area contributed by atoms with Crippen molar-refractivity contribution in [1.82, 2.24) is 24.6 Å². The van der Waals surface area contributed by atoms with E-state index in [1.165, 1.54) is 0 Å². The maximum Gasteiger partial charge on any atom is 0.225 e. The number of likely N-dealkylation sites (tertiary alicyclic amines) is 1. The molecule has 1 saturated carbocycles. The lowest BCUT2D eigenvalue weighted by atomic mass is 10.0. The normalized spacial score (nSPS) is 17.4. The predicted octanol–water partition coefficient (Wildman–Crippen LogP) is 3.69. The van der Waals surface area contributed by atoms with Crippen LogP contribution < -0.4 is 5.73 Å². The molecule has 4 N–H and O–H groups in total. The van der Waals surface area contributed by atoms with Gasteiger partial charge in [0.15, 0.2) is 5.78 Å². The number of amides is 1. The van der Waals surface area contributed by atoms with E-state index in [1.807, 2.05) is 23.2 Å². The number of aromatic nitrogens is 4. The van der Waals surface area contributed by atoms with E-state index in [0.29, 0.717) is 17.2 Å². The number of H-pyrrole nitrogens is 1. The van der Waals surface area contributed by atoms with Crippen LogP contribution in [0.4, 0.5) is 0 Å². The molecule has 1 aliphatic heterocycles. The van der Waals surface area contributed by atoms with E-state index in [9.17, 15) is 9.59 Å². The average molecular weight is 488 g/mol. The zero-order chi connectivity index (χ0) is 25.6. The summed E-state index contributed by atoms with van der Waals surface area (Å²) in [5.41, 5.74) is 11.2. The first kappa shape index (κ1) is 24.0. The molecule has 3 aromatic rings. The van der Waals surface area contributed by atoms with Gasteiger partial charge in [-0.15, -0.1) is 0 Å². The van der Waals surface area contributed by atoms with Gasteiger partial charge in [-0.1, -0.05) is 0 Å². The second-order valence-corrected chi connectivity index (χ2v) is 10.2. The van der Waals surface area contributed by atoms with Gasteiger partial charge in [0.05, 0.1) is 17.9 Å². The third-order valence-corrected chi connectivity index (χ3v) is 7.52. The summed E-state index contributed by atoms with van der Waals surface area (Å²) in [4.78, 5) is 34.8. The van der Waals surface area contributed by atoms with Gasteiger partial charge in [0.25, 0.3) is 0 Å². The number of aromatic amines is 1. The van der Waals surface area contributed by atoms with E-state index in [4.69, 9.17) is 16.2 Å². The molecule has 1 aliphatic carbocycles. The molecular formula is C27H33N7O2. The van der Waals surface area contributed by atoms with Crippen LogP contribution in [-0.2, 0) is 16.0 Å². The third-order valence-electron chi connectivity index (χ3n) is 7.52. The largest absolute Gasteiger partial charge is 0.402 e. The first-order chi connectivity index (χ1) is 17.2.